The van der Waals surface area contributed by atoms with Crippen LogP contribution in [-0.2, 0) is 21.4 Å². The van der Waals surface area contributed by atoms with E-state index in [2.05, 4.69) is 24.1 Å². The summed E-state index contributed by atoms with van der Waals surface area (Å²) in [5.41, 5.74) is 1.30. The smallest absolute Gasteiger partial charge is 0.249 e. The SMILES string of the molecule is CC1(C)c2[nH]c3cc(Cl)c(Cl)cc3c2C[C@@]23NC(=O)[C@]4(CCCN4C2=O)C[C@@H]13. The van der Waals surface area contributed by atoms with E-state index in [4.69, 9.17) is 23.2 Å². The third-order valence-corrected chi connectivity index (χ3v) is 8.65. The molecule has 2 aromatic rings. The number of fused-ring (bicyclic) bond motifs is 4. The Hall–Kier alpha value is -1.72. The second kappa shape index (κ2) is 4.88. The molecule has 1 aliphatic carbocycles. The lowest BCUT2D eigenvalue weighted by Crippen LogP contribution is -2.84. The van der Waals surface area contributed by atoms with E-state index in [0.29, 0.717) is 23.0 Å². The number of H-pyrrole nitrogens is 1. The summed E-state index contributed by atoms with van der Waals surface area (Å²) in [6.45, 7) is 5.06. The molecular weight excluding hydrogens is 397 g/mol. The van der Waals surface area contributed by atoms with Gasteiger partial charge in [0.25, 0.3) is 0 Å². The van der Waals surface area contributed by atoms with E-state index < -0.39 is 11.1 Å². The number of nitrogens with one attached hydrogen (secondary N) is 2. The molecule has 146 valence electrons. The van der Waals surface area contributed by atoms with Gasteiger partial charge < -0.3 is 15.2 Å². The van der Waals surface area contributed by atoms with Crippen LogP contribution in [0.1, 0.15) is 44.4 Å². The van der Waals surface area contributed by atoms with E-state index >= 15 is 0 Å². The van der Waals surface area contributed by atoms with Crippen molar-refractivity contribution in [3.05, 3.63) is 33.4 Å². The van der Waals surface area contributed by atoms with Gasteiger partial charge in [0.2, 0.25) is 11.8 Å². The Balaban J connectivity index is 1.63. The van der Waals surface area contributed by atoms with Crippen molar-refractivity contribution in [1.82, 2.24) is 15.2 Å². The van der Waals surface area contributed by atoms with E-state index in [1.807, 2.05) is 17.0 Å². The summed E-state index contributed by atoms with van der Waals surface area (Å²) >= 11 is 12.5. The van der Waals surface area contributed by atoms with Gasteiger partial charge in [-0.3, -0.25) is 9.59 Å². The van der Waals surface area contributed by atoms with E-state index in [0.717, 1.165) is 41.4 Å². The largest absolute Gasteiger partial charge is 0.358 e. The standard InChI is InChI=1S/C21H21Cl2N3O2/c1-19(2)15-9-20-4-3-5-26(20)18(28)21(15,25-17(20)27)8-11-10-6-12(22)13(23)7-14(10)24-16(11)19/h6-7,15,24H,3-5,8-9H2,1-2H3,(H,25,27)/t15-,20-,21-/m0/s1. The first-order valence-corrected chi connectivity index (χ1v) is 10.6. The van der Waals surface area contributed by atoms with Crippen LogP contribution < -0.4 is 5.32 Å². The molecule has 0 radical (unpaired) electrons. The van der Waals surface area contributed by atoms with Crippen molar-refractivity contribution in [1.29, 1.82) is 0 Å². The van der Waals surface area contributed by atoms with E-state index in [1.165, 1.54) is 0 Å². The Bertz CT molecular complexity index is 1110. The second-order valence-electron chi connectivity index (χ2n) is 9.46. The molecule has 28 heavy (non-hydrogen) atoms. The number of aromatic amines is 1. The number of hydrogen-bond donors (Lipinski definition) is 2. The summed E-state index contributed by atoms with van der Waals surface area (Å²) < 4.78 is 0. The quantitative estimate of drug-likeness (QED) is 0.687. The molecule has 7 rings (SSSR count). The molecule has 5 aliphatic rings. The first-order valence-electron chi connectivity index (χ1n) is 9.85. The number of benzene rings is 1. The summed E-state index contributed by atoms with van der Waals surface area (Å²) in [6.07, 6.45) is 2.88. The zero-order chi connectivity index (χ0) is 19.6. The molecule has 4 saturated heterocycles. The van der Waals surface area contributed by atoms with Crippen LogP contribution in [0.25, 0.3) is 10.9 Å². The number of rotatable bonds is 0. The summed E-state index contributed by atoms with van der Waals surface area (Å²) in [4.78, 5) is 32.3. The predicted octanol–water partition coefficient (Wildman–Crippen LogP) is 3.56. The Kier molecular flexibility index (Phi) is 2.99. The van der Waals surface area contributed by atoms with Gasteiger partial charge in [-0.2, -0.15) is 0 Å². The molecule has 1 aromatic carbocycles. The van der Waals surface area contributed by atoms with Crippen LogP contribution >= 0.6 is 23.2 Å². The Morgan fingerprint density at radius 2 is 1.93 bits per heavy atom. The maximum Gasteiger partial charge on any atom is 0.249 e. The predicted molar refractivity (Wildman–Crippen MR) is 108 cm³/mol. The third-order valence-electron chi connectivity index (χ3n) is 7.93. The minimum absolute atomic E-state index is 0.0287. The van der Waals surface area contributed by atoms with E-state index in [9.17, 15) is 9.59 Å². The lowest BCUT2D eigenvalue weighted by atomic mass is 9.51. The highest BCUT2D eigenvalue weighted by Crippen LogP contribution is 2.59. The molecule has 5 heterocycles. The number of hydrogen-bond acceptors (Lipinski definition) is 2. The van der Waals surface area contributed by atoms with Gasteiger partial charge in [-0.05, 0) is 37.0 Å². The van der Waals surface area contributed by atoms with Gasteiger partial charge in [0, 0.05) is 40.9 Å². The molecule has 0 unspecified atom stereocenters. The number of piperazine rings is 1. The van der Waals surface area contributed by atoms with Crippen LogP contribution in [0, 0.1) is 5.92 Å². The summed E-state index contributed by atoms with van der Waals surface area (Å²) in [5.74, 6) is 0.168. The first kappa shape index (κ1) is 17.2. The number of halogens is 2. The van der Waals surface area contributed by atoms with Crippen molar-refractivity contribution >= 4 is 45.9 Å². The average molecular weight is 418 g/mol. The zero-order valence-electron chi connectivity index (χ0n) is 15.8. The molecule has 3 atom stereocenters. The maximum atomic E-state index is 13.7. The highest BCUT2D eigenvalue weighted by molar-refractivity contribution is 6.42. The van der Waals surface area contributed by atoms with Gasteiger partial charge in [0.1, 0.15) is 11.1 Å². The Labute approximate surface area is 172 Å². The molecule has 2 bridgehead atoms. The molecule has 1 aromatic heterocycles. The molecule has 2 spiro atoms. The monoisotopic (exact) mass is 417 g/mol. The summed E-state index contributed by atoms with van der Waals surface area (Å²) in [5, 5.41) is 5.20. The Morgan fingerprint density at radius 3 is 2.71 bits per heavy atom. The normalized spacial score (nSPS) is 35.0. The maximum absolute atomic E-state index is 13.7. The topological polar surface area (TPSA) is 65.2 Å². The second-order valence-corrected chi connectivity index (χ2v) is 10.3. The minimum Gasteiger partial charge on any atom is -0.358 e. The first-order chi connectivity index (χ1) is 13.2. The molecule has 4 fully saturated rings. The van der Waals surface area contributed by atoms with Crippen LogP contribution in [0.4, 0.5) is 0 Å². The number of carbonyl (C=O) groups excluding carboxylic acids is 2. The fourth-order valence-corrected chi connectivity index (χ4v) is 6.95. The van der Waals surface area contributed by atoms with Gasteiger partial charge in [0.05, 0.1) is 10.0 Å². The number of amides is 2. The number of carbonyl (C=O) groups is 2. The molecule has 4 aliphatic heterocycles. The molecule has 5 nitrogen and oxygen atoms in total. The van der Waals surface area contributed by atoms with Gasteiger partial charge >= 0.3 is 0 Å². The Morgan fingerprint density at radius 1 is 1.18 bits per heavy atom. The third kappa shape index (κ3) is 1.69. The molecule has 0 saturated carbocycles. The van der Waals surface area contributed by atoms with Gasteiger partial charge in [-0.25, -0.2) is 0 Å². The molecule has 7 heteroatoms. The van der Waals surface area contributed by atoms with Crippen molar-refractivity contribution in [3.63, 3.8) is 0 Å². The lowest BCUT2D eigenvalue weighted by molar-refractivity contribution is -0.179. The van der Waals surface area contributed by atoms with Crippen molar-refractivity contribution in [2.75, 3.05) is 6.54 Å². The van der Waals surface area contributed by atoms with Crippen LogP contribution in [0.2, 0.25) is 10.0 Å². The van der Waals surface area contributed by atoms with Crippen LogP contribution in [0.3, 0.4) is 0 Å². The van der Waals surface area contributed by atoms with Crippen LogP contribution in [-0.4, -0.2) is 39.3 Å². The van der Waals surface area contributed by atoms with Gasteiger partial charge in [-0.15, -0.1) is 0 Å². The lowest BCUT2D eigenvalue weighted by Gasteiger charge is -2.64. The fraction of sp³-hybridized carbons (Fsp3) is 0.524. The van der Waals surface area contributed by atoms with E-state index in [-0.39, 0.29) is 23.1 Å². The highest BCUT2D eigenvalue weighted by atomic mass is 35.5. The summed E-state index contributed by atoms with van der Waals surface area (Å²) in [7, 11) is 0. The van der Waals surface area contributed by atoms with E-state index in [1.54, 1.807) is 0 Å². The van der Waals surface area contributed by atoms with Gasteiger partial charge in [-0.1, -0.05) is 37.0 Å². The zero-order valence-corrected chi connectivity index (χ0v) is 17.3. The molecular formula is C21H21Cl2N3O2. The van der Waals surface area contributed by atoms with Crippen LogP contribution in [0.15, 0.2) is 12.1 Å². The van der Waals surface area contributed by atoms with Crippen molar-refractivity contribution < 1.29 is 9.59 Å². The van der Waals surface area contributed by atoms with Crippen molar-refractivity contribution in [2.45, 2.75) is 56.0 Å². The number of aromatic nitrogens is 1. The van der Waals surface area contributed by atoms with Crippen molar-refractivity contribution in [3.8, 4) is 0 Å². The summed E-state index contributed by atoms with van der Waals surface area (Å²) in [6, 6.07) is 3.73. The molecule has 2 amide bonds. The van der Waals surface area contributed by atoms with Gasteiger partial charge in [0.15, 0.2) is 0 Å². The van der Waals surface area contributed by atoms with Crippen LogP contribution in [0.5, 0.6) is 0 Å². The fourth-order valence-electron chi connectivity index (χ4n) is 6.62. The molecule has 2 N–H and O–H groups in total. The number of nitrogens with zero attached hydrogens (tertiary/aromatic N) is 1. The number of piperidine rings is 2. The average Bonchev–Trinajstić information content (AvgIpc) is 3.21. The van der Waals surface area contributed by atoms with Crippen molar-refractivity contribution in [2.24, 2.45) is 5.92 Å². The highest BCUT2D eigenvalue weighted by Gasteiger charge is 2.72. The minimum atomic E-state index is -0.874.